The van der Waals surface area contributed by atoms with Crippen LogP contribution in [0.25, 0.3) is 0 Å². The van der Waals surface area contributed by atoms with E-state index in [1.165, 1.54) is 6.07 Å². The van der Waals surface area contributed by atoms with Gasteiger partial charge in [-0.15, -0.1) is 0 Å². The van der Waals surface area contributed by atoms with E-state index in [1.54, 1.807) is 19.1 Å². The van der Waals surface area contributed by atoms with E-state index < -0.39 is 10.0 Å². The van der Waals surface area contributed by atoms with E-state index in [2.05, 4.69) is 5.32 Å². The zero-order valence-electron chi connectivity index (χ0n) is 12.4. The van der Waals surface area contributed by atoms with Gasteiger partial charge in [-0.25, -0.2) is 13.6 Å². The van der Waals surface area contributed by atoms with Crippen molar-refractivity contribution in [1.29, 1.82) is 0 Å². The number of primary sulfonamides is 1. The van der Waals surface area contributed by atoms with E-state index in [0.717, 1.165) is 12.8 Å². The van der Waals surface area contributed by atoms with Gasteiger partial charge in [-0.1, -0.05) is 19.9 Å². The molecule has 1 aromatic rings. The van der Waals surface area contributed by atoms with Crippen molar-refractivity contribution in [3.63, 3.8) is 0 Å². The Morgan fingerprint density at radius 2 is 1.85 bits per heavy atom. The molecule has 1 amide bonds. The second-order valence-electron chi connectivity index (χ2n) is 5.25. The maximum Gasteiger partial charge on any atom is 0.251 e. The van der Waals surface area contributed by atoms with Crippen LogP contribution in [0.15, 0.2) is 23.1 Å². The Bertz CT molecular complexity index is 605. The molecule has 1 rings (SSSR count). The molecule has 112 valence electrons. The lowest BCUT2D eigenvalue weighted by atomic mass is 9.95. The SMILES string of the molecule is CCC(C)(CC)NC(=O)c1ccc(C)c(S(N)(=O)=O)c1. The largest absolute Gasteiger partial charge is 0.347 e. The lowest BCUT2D eigenvalue weighted by Crippen LogP contribution is -2.45. The number of amides is 1. The van der Waals surface area contributed by atoms with Gasteiger partial charge in [0.2, 0.25) is 10.0 Å². The van der Waals surface area contributed by atoms with E-state index in [4.69, 9.17) is 5.14 Å². The molecule has 5 nitrogen and oxygen atoms in total. The summed E-state index contributed by atoms with van der Waals surface area (Å²) in [6.45, 7) is 7.59. The highest BCUT2D eigenvalue weighted by Gasteiger charge is 2.23. The van der Waals surface area contributed by atoms with Crippen molar-refractivity contribution in [1.82, 2.24) is 5.32 Å². The van der Waals surface area contributed by atoms with Crippen LogP contribution in [0, 0.1) is 6.92 Å². The fourth-order valence-corrected chi connectivity index (χ4v) is 2.63. The minimum atomic E-state index is -3.82. The van der Waals surface area contributed by atoms with E-state index in [1.807, 2.05) is 20.8 Å². The number of carbonyl (C=O) groups excluding carboxylic acids is 1. The average molecular weight is 298 g/mol. The van der Waals surface area contributed by atoms with Crippen LogP contribution >= 0.6 is 0 Å². The first-order valence-corrected chi connectivity index (χ1v) is 8.13. The molecule has 6 heteroatoms. The molecule has 0 aliphatic heterocycles. The maximum absolute atomic E-state index is 12.2. The van der Waals surface area contributed by atoms with E-state index in [9.17, 15) is 13.2 Å². The molecule has 0 spiro atoms. The first kappa shape index (κ1) is 16.7. The smallest absolute Gasteiger partial charge is 0.251 e. The highest BCUT2D eigenvalue weighted by Crippen LogP contribution is 2.18. The number of carbonyl (C=O) groups is 1. The molecular weight excluding hydrogens is 276 g/mol. The van der Waals surface area contributed by atoms with Gasteiger partial charge < -0.3 is 5.32 Å². The Hall–Kier alpha value is -1.40. The summed E-state index contributed by atoms with van der Waals surface area (Å²) in [6, 6.07) is 4.51. The van der Waals surface area contributed by atoms with Crippen LogP contribution in [-0.4, -0.2) is 19.9 Å². The summed E-state index contributed by atoms with van der Waals surface area (Å²) in [5.74, 6) is -0.291. The molecular formula is C14H22N2O3S. The molecule has 3 N–H and O–H groups in total. The van der Waals surface area contributed by atoms with Gasteiger partial charge in [-0.05, 0) is 44.4 Å². The predicted octanol–water partition coefficient (Wildman–Crippen LogP) is 1.95. The predicted molar refractivity (Wildman–Crippen MR) is 79.0 cm³/mol. The Kier molecular flexibility index (Phi) is 4.94. The van der Waals surface area contributed by atoms with Gasteiger partial charge in [0.1, 0.15) is 0 Å². The van der Waals surface area contributed by atoms with E-state index in [-0.39, 0.29) is 16.3 Å². The molecule has 0 saturated heterocycles. The molecule has 0 aromatic heterocycles. The number of hydrogen-bond donors (Lipinski definition) is 2. The first-order valence-electron chi connectivity index (χ1n) is 6.59. The molecule has 0 bridgehead atoms. The van der Waals surface area contributed by atoms with Crippen molar-refractivity contribution in [3.8, 4) is 0 Å². The van der Waals surface area contributed by atoms with Crippen LogP contribution in [0.2, 0.25) is 0 Å². The number of nitrogens with one attached hydrogen (secondary N) is 1. The van der Waals surface area contributed by atoms with Crippen LogP contribution in [0.1, 0.15) is 49.5 Å². The first-order chi connectivity index (χ1) is 9.13. The molecule has 0 radical (unpaired) electrons. The molecule has 0 heterocycles. The minimum Gasteiger partial charge on any atom is -0.347 e. The molecule has 0 aliphatic rings. The summed E-state index contributed by atoms with van der Waals surface area (Å²) in [7, 11) is -3.82. The maximum atomic E-state index is 12.2. The quantitative estimate of drug-likeness (QED) is 0.870. The number of benzene rings is 1. The van der Waals surface area contributed by atoms with Gasteiger partial charge in [-0.3, -0.25) is 4.79 Å². The van der Waals surface area contributed by atoms with Gasteiger partial charge in [0.25, 0.3) is 5.91 Å². The summed E-state index contributed by atoms with van der Waals surface area (Å²) in [5, 5.41) is 8.08. The molecule has 20 heavy (non-hydrogen) atoms. The molecule has 0 atom stereocenters. The third-order valence-corrected chi connectivity index (χ3v) is 4.79. The summed E-state index contributed by atoms with van der Waals surface area (Å²) in [5.41, 5.74) is 0.523. The molecule has 0 fully saturated rings. The monoisotopic (exact) mass is 298 g/mol. The lowest BCUT2D eigenvalue weighted by molar-refractivity contribution is 0.0901. The highest BCUT2D eigenvalue weighted by molar-refractivity contribution is 7.89. The number of rotatable bonds is 5. The normalized spacial score (nSPS) is 12.2. The van der Waals surface area contributed by atoms with Crippen molar-refractivity contribution >= 4 is 15.9 Å². The fraction of sp³-hybridized carbons (Fsp3) is 0.500. The zero-order chi connectivity index (χ0) is 15.6. The van der Waals surface area contributed by atoms with Crippen molar-refractivity contribution in [3.05, 3.63) is 29.3 Å². The van der Waals surface area contributed by atoms with Crippen LogP contribution in [-0.2, 0) is 10.0 Å². The van der Waals surface area contributed by atoms with E-state index in [0.29, 0.717) is 11.1 Å². The van der Waals surface area contributed by atoms with Crippen LogP contribution < -0.4 is 10.5 Å². The number of nitrogens with two attached hydrogens (primary N) is 1. The standard InChI is InChI=1S/C14H22N2O3S/c1-5-14(4,6-2)16-13(17)11-8-7-10(3)12(9-11)20(15,18)19/h7-9H,5-6H2,1-4H3,(H,16,17)(H2,15,18,19). The minimum absolute atomic E-state index is 0.0140. The van der Waals surface area contributed by atoms with Crippen molar-refractivity contribution in [2.45, 2.75) is 51.0 Å². The topological polar surface area (TPSA) is 89.3 Å². The molecule has 0 aliphatic carbocycles. The van der Waals surface area contributed by atoms with Gasteiger partial charge in [-0.2, -0.15) is 0 Å². The van der Waals surface area contributed by atoms with E-state index >= 15 is 0 Å². The number of hydrogen-bond acceptors (Lipinski definition) is 3. The fourth-order valence-electron chi connectivity index (χ4n) is 1.82. The van der Waals surface area contributed by atoms with Crippen molar-refractivity contribution < 1.29 is 13.2 Å². The lowest BCUT2D eigenvalue weighted by Gasteiger charge is -2.28. The van der Waals surface area contributed by atoms with Gasteiger partial charge in [0, 0.05) is 11.1 Å². The highest BCUT2D eigenvalue weighted by atomic mass is 32.2. The summed E-state index contributed by atoms with van der Waals surface area (Å²) in [6.07, 6.45) is 1.59. The summed E-state index contributed by atoms with van der Waals surface area (Å²) in [4.78, 5) is 12.2. The van der Waals surface area contributed by atoms with Crippen LogP contribution in [0.5, 0.6) is 0 Å². The van der Waals surface area contributed by atoms with Crippen molar-refractivity contribution in [2.75, 3.05) is 0 Å². The average Bonchev–Trinajstić information content (AvgIpc) is 2.37. The zero-order valence-corrected chi connectivity index (χ0v) is 13.2. The molecule has 0 saturated carbocycles. The Labute approximate surface area is 120 Å². The van der Waals surface area contributed by atoms with Crippen molar-refractivity contribution in [2.24, 2.45) is 5.14 Å². The molecule has 0 unspecified atom stereocenters. The van der Waals surface area contributed by atoms with Gasteiger partial charge in [0.05, 0.1) is 4.90 Å². The van der Waals surface area contributed by atoms with Crippen LogP contribution in [0.3, 0.4) is 0 Å². The molecule has 1 aromatic carbocycles. The number of sulfonamides is 1. The second kappa shape index (κ2) is 5.93. The van der Waals surface area contributed by atoms with Crippen LogP contribution in [0.4, 0.5) is 0 Å². The third kappa shape index (κ3) is 3.80. The Morgan fingerprint density at radius 3 is 2.30 bits per heavy atom. The second-order valence-corrected chi connectivity index (χ2v) is 6.78. The summed E-state index contributed by atoms with van der Waals surface area (Å²) >= 11 is 0. The third-order valence-electron chi connectivity index (χ3n) is 3.73. The Balaban J connectivity index is 3.13. The number of aryl methyl sites for hydroxylation is 1. The van der Waals surface area contributed by atoms with Gasteiger partial charge >= 0.3 is 0 Å². The van der Waals surface area contributed by atoms with Gasteiger partial charge in [0.15, 0.2) is 0 Å². The Morgan fingerprint density at radius 1 is 1.30 bits per heavy atom. The summed E-state index contributed by atoms with van der Waals surface area (Å²) < 4.78 is 22.9.